The van der Waals surface area contributed by atoms with Gasteiger partial charge in [0.25, 0.3) is 0 Å². The molecule has 0 fully saturated rings. The molecule has 3 N–H and O–H groups in total. The molecule has 2 heterocycles. The molecule has 0 spiro atoms. The molecule has 2 aromatic rings. The van der Waals surface area contributed by atoms with E-state index >= 15 is 0 Å². The number of aliphatic hydroxyl groups is 1. The van der Waals surface area contributed by atoms with E-state index in [0.717, 1.165) is 0 Å². The monoisotopic (exact) mass is 307 g/mol. The van der Waals surface area contributed by atoms with Crippen LogP contribution in [-0.2, 0) is 5.60 Å². The van der Waals surface area contributed by atoms with Gasteiger partial charge in [-0.05, 0) is 26.0 Å². The van der Waals surface area contributed by atoms with E-state index in [0.29, 0.717) is 22.5 Å². The Morgan fingerprint density at radius 3 is 2.52 bits per heavy atom. The van der Waals surface area contributed by atoms with E-state index in [2.05, 4.69) is 15.3 Å². The molecule has 0 bridgehead atoms. The van der Waals surface area contributed by atoms with Gasteiger partial charge in [0.1, 0.15) is 5.15 Å². The molecule has 0 aromatic carbocycles. The number of hydrogen-bond acceptors (Lipinski definition) is 4. The molecule has 2 aromatic heterocycles. The predicted molar refractivity (Wildman–Crippen MR) is 79.4 cm³/mol. The lowest BCUT2D eigenvalue weighted by atomic mass is 10.00. The number of amides is 1. The molecule has 0 radical (unpaired) electrons. The van der Waals surface area contributed by atoms with Crippen LogP contribution in [0, 0.1) is 0 Å². The highest BCUT2D eigenvalue weighted by Crippen LogP contribution is 2.29. The number of nitrogens with one attached hydrogen (secondary N) is 1. The molecular formula is C14H14ClN3O3. The second-order valence-electron chi connectivity index (χ2n) is 4.97. The first-order valence-corrected chi connectivity index (χ1v) is 6.50. The van der Waals surface area contributed by atoms with Crippen molar-refractivity contribution in [3.05, 3.63) is 41.3 Å². The summed E-state index contributed by atoms with van der Waals surface area (Å²) in [5.41, 5.74) is 0.985. The maximum Gasteiger partial charge on any atom is 0.409 e. The van der Waals surface area contributed by atoms with Crippen molar-refractivity contribution in [2.24, 2.45) is 0 Å². The standard InChI is InChI=1S/C14H14ClN3O3/c1-14(2,21)8-3-4-10(16-6-8)9-7-17-12(15)5-11(9)18-13(19)20/h3-7,21H,1-2H3,(H,17,18)(H,19,20). The molecule has 0 atom stereocenters. The summed E-state index contributed by atoms with van der Waals surface area (Å²) in [6.45, 7) is 3.32. The van der Waals surface area contributed by atoms with Gasteiger partial charge in [0, 0.05) is 23.5 Å². The number of rotatable bonds is 3. The smallest absolute Gasteiger partial charge is 0.409 e. The zero-order valence-corrected chi connectivity index (χ0v) is 12.2. The van der Waals surface area contributed by atoms with Crippen LogP contribution in [0.4, 0.5) is 10.5 Å². The largest absolute Gasteiger partial charge is 0.465 e. The zero-order valence-electron chi connectivity index (χ0n) is 11.5. The Bertz CT molecular complexity index is 666. The fourth-order valence-corrected chi connectivity index (χ4v) is 1.93. The van der Waals surface area contributed by atoms with Crippen LogP contribution >= 0.6 is 11.6 Å². The number of aromatic nitrogens is 2. The van der Waals surface area contributed by atoms with Crippen LogP contribution in [0.1, 0.15) is 19.4 Å². The Balaban J connectivity index is 2.44. The lowest BCUT2D eigenvalue weighted by molar-refractivity contribution is 0.0782. The Labute approximate surface area is 126 Å². The molecule has 110 valence electrons. The lowest BCUT2D eigenvalue weighted by Crippen LogP contribution is -2.15. The average Bonchev–Trinajstić information content (AvgIpc) is 2.37. The topological polar surface area (TPSA) is 95.3 Å². The van der Waals surface area contributed by atoms with Gasteiger partial charge in [-0.1, -0.05) is 17.7 Å². The van der Waals surface area contributed by atoms with Gasteiger partial charge in [-0.15, -0.1) is 0 Å². The third-order valence-corrected chi connectivity index (χ3v) is 3.06. The average molecular weight is 308 g/mol. The first kappa shape index (κ1) is 15.2. The highest BCUT2D eigenvalue weighted by molar-refractivity contribution is 6.29. The van der Waals surface area contributed by atoms with Crippen molar-refractivity contribution >= 4 is 23.4 Å². The maximum absolute atomic E-state index is 10.8. The Hall–Kier alpha value is -2.18. The van der Waals surface area contributed by atoms with Crippen molar-refractivity contribution in [3.8, 4) is 11.3 Å². The minimum atomic E-state index is -1.20. The molecule has 1 amide bonds. The molecule has 0 aliphatic heterocycles. The summed E-state index contributed by atoms with van der Waals surface area (Å²) >= 11 is 5.78. The molecule has 0 aliphatic carbocycles. The van der Waals surface area contributed by atoms with Gasteiger partial charge in [-0.3, -0.25) is 10.3 Å². The summed E-state index contributed by atoms with van der Waals surface area (Å²) in [6, 6.07) is 4.82. The van der Waals surface area contributed by atoms with E-state index in [1.807, 2.05) is 0 Å². The predicted octanol–water partition coefficient (Wildman–Crippen LogP) is 3.11. The SMILES string of the molecule is CC(C)(O)c1ccc(-c2cnc(Cl)cc2NC(=O)O)nc1. The quantitative estimate of drug-likeness (QED) is 0.757. The fraction of sp³-hybridized carbons (Fsp3) is 0.214. The highest BCUT2D eigenvalue weighted by Gasteiger charge is 2.17. The number of carbonyl (C=O) groups is 1. The minimum absolute atomic E-state index is 0.176. The molecule has 0 saturated heterocycles. The minimum Gasteiger partial charge on any atom is -0.465 e. The van der Waals surface area contributed by atoms with E-state index in [1.165, 1.54) is 18.5 Å². The van der Waals surface area contributed by atoms with Gasteiger partial charge in [-0.25, -0.2) is 9.78 Å². The van der Waals surface area contributed by atoms with Crippen LogP contribution in [0.3, 0.4) is 0 Å². The number of halogens is 1. The Kier molecular flexibility index (Phi) is 4.11. The fourth-order valence-electron chi connectivity index (χ4n) is 1.77. The first-order chi connectivity index (χ1) is 9.77. The van der Waals surface area contributed by atoms with Gasteiger partial charge in [-0.2, -0.15) is 0 Å². The summed E-state index contributed by atoms with van der Waals surface area (Å²) in [6.07, 6.45) is 1.78. The number of anilines is 1. The number of carboxylic acid groups (broad SMARTS) is 1. The Morgan fingerprint density at radius 1 is 1.29 bits per heavy atom. The van der Waals surface area contributed by atoms with Gasteiger partial charge in [0.15, 0.2) is 0 Å². The van der Waals surface area contributed by atoms with Crippen LogP contribution in [-0.4, -0.2) is 26.3 Å². The molecule has 0 unspecified atom stereocenters. The zero-order chi connectivity index (χ0) is 15.6. The second-order valence-corrected chi connectivity index (χ2v) is 5.36. The molecule has 21 heavy (non-hydrogen) atoms. The van der Waals surface area contributed by atoms with Crippen molar-refractivity contribution < 1.29 is 15.0 Å². The van der Waals surface area contributed by atoms with Crippen LogP contribution in [0.25, 0.3) is 11.3 Å². The van der Waals surface area contributed by atoms with E-state index in [4.69, 9.17) is 16.7 Å². The van der Waals surface area contributed by atoms with Crippen molar-refractivity contribution in [1.82, 2.24) is 9.97 Å². The third kappa shape index (κ3) is 3.68. The van der Waals surface area contributed by atoms with Crippen molar-refractivity contribution in [3.63, 3.8) is 0 Å². The van der Waals surface area contributed by atoms with Crippen molar-refractivity contribution in [2.45, 2.75) is 19.4 Å². The van der Waals surface area contributed by atoms with E-state index < -0.39 is 11.7 Å². The summed E-state index contributed by atoms with van der Waals surface area (Å²) in [4.78, 5) is 19.0. The van der Waals surface area contributed by atoms with Crippen LogP contribution in [0.5, 0.6) is 0 Å². The van der Waals surface area contributed by atoms with Crippen molar-refractivity contribution in [2.75, 3.05) is 5.32 Å². The highest BCUT2D eigenvalue weighted by atomic mass is 35.5. The van der Waals surface area contributed by atoms with E-state index in [1.54, 1.807) is 26.0 Å². The Morgan fingerprint density at radius 2 is 2.00 bits per heavy atom. The van der Waals surface area contributed by atoms with Crippen LogP contribution < -0.4 is 5.32 Å². The van der Waals surface area contributed by atoms with Crippen LogP contribution in [0.15, 0.2) is 30.6 Å². The molecule has 0 aliphatic rings. The van der Waals surface area contributed by atoms with Gasteiger partial charge >= 0.3 is 6.09 Å². The maximum atomic E-state index is 10.8. The number of pyridine rings is 2. The molecule has 6 nitrogen and oxygen atoms in total. The molecular weight excluding hydrogens is 294 g/mol. The summed E-state index contributed by atoms with van der Waals surface area (Å²) in [7, 11) is 0. The summed E-state index contributed by atoms with van der Waals surface area (Å²) < 4.78 is 0. The molecule has 2 rings (SSSR count). The first-order valence-electron chi connectivity index (χ1n) is 6.12. The van der Waals surface area contributed by atoms with Gasteiger partial charge < -0.3 is 10.2 Å². The number of nitrogens with zero attached hydrogens (tertiary/aromatic N) is 2. The number of hydrogen-bond donors (Lipinski definition) is 3. The van der Waals surface area contributed by atoms with Crippen LogP contribution in [0.2, 0.25) is 5.15 Å². The molecule has 0 saturated carbocycles. The van der Waals surface area contributed by atoms with Gasteiger partial charge in [0.2, 0.25) is 0 Å². The normalized spacial score (nSPS) is 11.2. The van der Waals surface area contributed by atoms with E-state index in [9.17, 15) is 9.90 Å². The molecule has 7 heteroatoms. The summed E-state index contributed by atoms with van der Waals surface area (Å²) in [5, 5.41) is 21.2. The van der Waals surface area contributed by atoms with Crippen molar-refractivity contribution in [1.29, 1.82) is 0 Å². The summed E-state index contributed by atoms with van der Waals surface area (Å²) in [5.74, 6) is 0. The second kappa shape index (κ2) is 5.67. The lowest BCUT2D eigenvalue weighted by Gasteiger charge is -2.17. The van der Waals surface area contributed by atoms with Gasteiger partial charge in [0.05, 0.1) is 17.0 Å². The van der Waals surface area contributed by atoms with E-state index in [-0.39, 0.29) is 5.15 Å². The third-order valence-electron chi connectivity index (χ3n) is 2.86.